The number of carbonyl (C=O) groups is 1. The Morgan fingerprint density at radius 3 is 2.57 bits per heavy atom. The Bertz CT molecular complexity index is 1190. The molecule has 0 bridgehead atoms. The van der Waals surface area contributed by atoms with Crippen LogP contribution in [0.3, 0.4) is 0 Å². The van der Waals surface area contributed by atoms with Crippen LogP contribution in [0.5, 0.6) is 0 Å². The lowest BCUT2D eigenvalue weighted by Gasteiger charge is -2.11. The number of nitrogens with one attached hydrogen (secondary N) is 1. The molecule has 1 aromatic carbocycles. The number of aromatic nitrogens is 2. The molecule has 0 aliphatic rings. The monoisotopic (exact) mass is 463 g/mol. The Balaban J connectivity index is 1.82. The van der Waals surface area contributed by atoms with Crippen molar-refractivity contribution in [3.8, 4) is 11.3 Å². The van der Waals surface area contributed by atoms with Crippen LogP contribution in [0.2, 0.25) is 5.02 Å². The van der Waals surface area contributed by atoms with Crippen LogP contribution in [0.15, 0.2) is 35.3 Å². The molecule has 1 amide bonds. The van der Waals surface area contributed by atoms with Crippen LogP contribution < -0.4 is 10.9 Å². The van der Waals surface area contributed by atoms with Crippen molar-refractivity contribution in [2.24, 2.45) is 0 Å². The number of rotatable bonds is 4. The van der Waals surface area contributed by atoms with Gasteiger partial charge in [0.15, 0.2) is 16.8 Å². The summed E-state index contributed by atoms with van der Waals surface area (Å²) in [6.45, 7) is 0.905. The number of hydrogen-bond acceptors (Lipinski definition) is 4. The second kappa shape index (κ2) is 8.15. The zero-order valence-electron chi connectivity index (χ0n) is 15.0. The van der Waals surface area contributed by atoms with Gasteiger partial charge in [-0.1, -0.05) is 11.6 Å². The number of aryl methyl sites for hydroxylation is 1. The maximum Gasteiger partial charge on any atom is 0.417 e. The predicted octanol–water partition coefficient (Wildman–Crippen LogP) is 4.87. The molecule has 0 saturated carbocycles. The molecule has 0 unspecified atom stereocenters. The highest BCUT2D eigenvalue weighted by Crippen LogP contribution is 2.31. The van der Waals surface area contributed by atoms with E-state index < -0.39 is 46.4 Å². The van der Waals surface area contributed by atoms with E-state index in [2.05, 4.69) is 10.3 Å². The van der Waals surface area contributed by atoms with Gasteiger partial charge in [0.1, 0.15) is 11.6 Å². The van der Waals surface area contributed by atoms with E-state index in [1.165, 1.54) is 6.07 Å². The second-order valence-electron chi connectivity index (χ2n) is 6.11. The number of pyridine rings is 1. The molecule has 2 aromatic heterocycles. The molecule has 2 heterocycles. The van der Waals surface area contributed by atoms with Gasteiger partial charge in [-0.25, -0.2) is 13.8 Å². The molecule has 0 fully saturated rings. The topological polar surface area (TPSA) is 64.0 Å². The van der Waals surface area contributed by atoms with E-state index in [0.29, 0.717) is 27.4 Å². The highest BCUT2D eigenvalue weighted by Gasteiger charge is 2.32. The van der Waals surface area contributed by atoms with Crippen LogP contribution in [0.1, 0.15) is 10.4 Å². The third-order valence-electron chi connectivity index (χ3n) is 3.92. The van der Waals surface area contributed by atoms with E-state index in [9.17, 15) is 31.5 Å². The van der Waals surface area contributed by atoms with Gasteiger partial charge in [-0.05, 0) is 31.2 Å². The number of benzene rings is 1. The molecule has 0 radical (unpaired) electrons. The average Bonchev–Trinajstić information content (AvgIpc) is 3.00. The molecular formula is C18H11ClF5N3O2S. The molecule has 0 atom stereocenters. The van der Waals surface area contributed by atoms with Crippen molar-refractivity contribution in [2.45, 2.75) is 19.6 Å². The summed E-state index contributed by atoms with van der Waals surface area (Å²) in [5, 5.41) is 1.76. The third-order valence-corrected chi connectivity index (χ3v) is 5.08. The highest BCUT2D eigenvalue weighted by molar-refractivity contribution is 7.16. The molecule has 0 aliphatic heterocycles. The average molecular weight is 464 g/mol. The number of amides is 1. The number of thiazole rings is 1. The Morgan fingerprint density at radius 2 is 1.93 bits per heavy atom. The van der Waals surface area contributed by atoms with Gasteiger partial charge in [0, 0.05) is 16.6 Å². The molecule has 1 N–H and O–H groups in total. The van der Waals surface area contributed by atoms with E-state index in [0.717, 1.165) is 23.5 Å². The first-order valence-electron chi connectivity index (χ1n) is 8.15. The Morgan fingerprint density at radius 1 is 1.23 bits per heavy atom. The van der Waals surface area contributed by atoms with Crippen molar-refractivity contribution in [1.82, 2.24) is 9.55 Å². The van der Waals surface area contributed by atoms with Gasteiger partial charge < -0.3 is 9.88 Å². The highest BCUT2D eigenvalue weighted by atomic mass is 35.5. The largest absolute Gasteiger partial charge is 0.417 e. The summed E-state index contributed by atoms with van der Waals surface area (Å²) >= 11 is 6.57. The zero-order chi connectivity index (χ0) is 22.2. The summed E-state index contributed by atoms with van der Waals surface area (Å²) in [5.41, 5.74) is -1.55. The van der Waals surface area contributed by atoms with Crippen LogP contribution in [-0.4, -0.2) is 15.5 Å². The number of alkyl halides is 3. The van der Waals surface area contributed by atoms with Gasteiger partial charge in [-0.3, -0.25) is 9.59 Å². The minimum atomic E-state index is -4.75. The summed E-state index contributed by atoms with van der Waals surface area (Å²) in [6.07, 6.45) is -4.26. The van der Waals surface area contributed by atoms with E-state index in [-0.39, 0.29) is 10.7 Å². The van der Waals surface area contributed by atoms with Gasteiger partial charge >= 0.3 is 6.18 Å². The number of halogens is 6. The summed E-state index contributed by atoms with van der Waals surface area (Å²) < 4.78 is 65.8. The van der Waals surface area contributed by atoms with Crippen LogP contribution in [0, 0.1) is 18.6 Å². The molecule has 158 valence electrons. The number of hydrogen-bond donors (Lipinski definition) is 1. The lowest BCUT2D eigenvalue weighted by molar-refractivity contribution is -0.138. The molecule has 30 heavy (non-hydrogen) atoms. The minimum Gasteiger partial charge on any atom is -0.304 e. The normalized spacial score (nSPS) is 11.6. The fourth-order valence-electron chi connectivity index (χ4n) is 2.55. The van der Waals surface area contributed by atoms with E-state index in [1.54, 1.807) is 6.92 Å². The standard InChI is InChI=1S/C18H11ClF5N3O2S/c1-8-15(9-2-3-12(20)13(21)4-9)26-17(30-8)25-14(28)7-27-6-10(18(22,23)24)5-11(19)16(27)29/h2-6H,7H2,1H3,(H,25,26,28). The number of anilines is 1. The summed E-state index contributed by atoms with van der Waals surface area (Å²) in [4.78, 5) is 28.9. The van der Waals surface area contributed by atoms with Gasteiger partial charge in [0.05, 0.1) is 11.3 Å². The molecule has 3 aromatic rings. The molecule has 0 spiro atoms. The summed E-state index contributed by atoms with van der Waals surface area (Å²) in [6, 6.07) is 3.69. The van der Waals surface area contributed by atoms with Crippen molar-refractivity contribution in [2.75, 3.05) is 5.32 Å². The number of nitrogens with zero attached hydrogens (tertiary/aromatic N) is 2. The maximum absolute atomic E-state index is 13.5. The number of carbonyl (C=O) groups excluding carboxylic acids is 1. The Kier molecular flexibility index (Phi) is 5.95. The fraction of sp³-hybridized carbons (Fsp3) is 0.167. The van der Waals surface area contributed by atoms with E-state index in [1.807, 2.05) is 0 Å². The summed E-state index contributed by atoms with van der Waals surface area (Å²) in [7, 11) is 0. The lowest BCUT2D eigenvalue weighted by atomic mass is 10.1. The van der Waals surface area contributed by atoms with Crippen LogP contribution >= 0.6 is 22.9 Å². The molecule has 12 heteroatoms. The van der Waals surface area contributed by atoms with E-state index in [4.69, 9.17) is 11.6 Å². The Hall–Kier alpha value is -2.79. The second-order valence-corrected chi connectivity index (χ2v) is 7.72. The first kappa shape index (κ1) is 21.9. The van der Waals surface area contributed by atoms with Crippen molar-refractivity contribution in [3.63, 3.8) is 0 Å². The van der Waals surface area contributed by atoms with Crippen molar-refractivity contribution in [3.05, 3.63) is 67.9 Å². The maximum atomic E-state index is 13.5. The van der Waals surface area contributed by atoms with Crippen LogP contribution in [0.4, 0.5) is 27.1 Å². The Labute approximate surface area is 174 Å². The van der Waals surface area contributed by atoms with Gasteiger partial charge in [-0.15, -0.1) is 11.3 Å². The molecule has 0 aliphatic carbocycles. The van der Waals surface area contributed by atoms with Crippen LogP contribution in [-0.2, 0) is 17.5 Å². The summed E-state index contributed by atoms with van der Waals surface area (Å²) in [5.74, 6) is -2.91. The molecular weight excluding hydrogens is 453 g/mol. The molecule has 0 saturated heterocycles. The van der Waals surface area contributed by atoms with Crippen molar-refractivity contribution in [1.29, 1.82) is 0 Å². The van der Waals surface area contributed by atoms with Crippen molar-refractivity contribution < 1.29 is 26.7 Å². The smallest absolute Gasteiger partial charge is 0.304 e. The van der Waals surface area contributed by atoms with Gasteiger partial charge in [0.25, 0.3) is 5.56 Å². The van der Waals surface area contributed by atoms with E-state index >= 15 is 0 Å². The first-order chi connectivity index (χ1) is 14.0. The lowest BCUT2D eigenvalue weighted by Crippen LogP contribution is -2.29. The minimum absolute atomic E-state index is 0.0726. The third kappa shape index (κ3) is 4.68. The fourth-order valence-corrected chi connectivity index (χ4v) is 3.62. The SMILES string of the molecule is Cc1sc(NC(=O)Cn2cc(C(F)(F)F)cc(Cl)c2=O)nc1-c1ccc(F)c(F)c1. The molecule has 5 nitrogen and oxygen atoms in total. The first-order valence-corrected chi connectivity index (χ1v) is 9.35. The van der Waals surface area contributed by atoms with Crippen LogP contribution in [0.25, 0.3) is 11.3 Å². The predicted molar refractivity (Wildman–Crippen MR) is 102 cm³/mol. The van der Waals surface area contributed by atoms with Crippen molar-refractivity contribution >= 4 is 34.0 Å². The quantitative estimate of drug-likeness (QED) is 0.561. The zero-order valence-corrected chi connectivity index (χ0v) is 16.6. The molecule has 3 rings (SSSR count). The van der Waals surface area contributed by atoms with Gasteiger partial charge in [-0.2, -0.15) is 13.2 Å². The van der Waals surface area contributed by atoms with Gasteiger partial charge in [0.2, 0.25) is 5.91 Å².